The maximum atomic E-state index is 13.2. The lowest BCUT2D eigenvalue weighted by Crippen LogP contribution is -2.46. The fourth-order valence-corrected chi connectivity index (χ4v) is 4.47. The molecular formula is C22H24F3N3OS. The molecule has 1 aliphatic rings. The number of halogens is 3. The van der Waals surface area contributed by atoms with E-state index in [4.69, 9.17) is 4.52 Å². The highest BCUT2D eigenvalue weighted by atomic mass is 32.1. The Morgan fingerprint density at radius 1 is 1.00 bits per heavy atom. The maximum Gasteiger partial charge on any atom is 0.416 e. The molecule has 30 heavy (non-hydrogen) atoms. The van der Waals surface area contributed by atoms with Crippen molar-refractivity contribution in [1.29, 1.82) is 0 Å². The van der Waals surface area contributed by atoms with Gasteiger partial charge in [-0.2, -0.15) is 13.2 Å². The van der Waals surface area contributed by atoms with E-state index in [-0.39, 0.29) is 0 Å². The number of rotatable bonds is 7. The minimum atomic E-state index is -4.30. The molecule has 0 saturated carbocycles. The summed E-state index contributed by atoms with van der Waals surface area (Å²) in [5, 5.41) is 6.15. The van der Waals surface area contributed by atoms with Crippen molar-refractivity contribution in [2.45, 2.75) is 25.6 Å². The van der Waals surface area contributed by atoms with Crippen LogP contribution in [-0.2, 0) is 19.1 Å². The maximum absolute atomic E-state index is 13.2. The number of thiophene rings is 1. The molecule has 1 aliphatic heterocycles. The van der Waals surface area contributed by atoms with Crippen molar-refractivity contribution in [3.63, 3.8) is 0 Å². The fourth-order valence-electron chi connectivity index (χ4n) is 3.79. The molecule has 0 atom stereocenters. The molecule has 160 valence electrons. The quantitative estimate of drug-likeness (QED) is 0.512. The van der Waals surface area contributed by atoms with Crippen molar-refractivity contribution in [3.05, 3.63) is 64.7 Å². The van der Waals surface area contributed by atoms with E-state index >= 15 is 0 Å². The lowest BCUT2D eigenvalue weighted by Gasteiger charge is -2.35. The molecule has 3 aromatic rings. The monoisotopic (exact) mass is 435 g/mol. The smallest absolute Gasteiger partial charge is 0.361 e. The summed E-state index contributed by atoms with van der Waals surface area (Å²) in [6.07, 6.45) is -2.50. The van der Waals surface area contributed by atoms with E-state index < -0.39 is 11.7 Å². The van der Waals surface area contributed by atoms with Crippen LogP contribution in [0.4, 0.5) is 13.2 Å². The minimum Gasteiger partial charge on any atom is -0.361 e. The zero-order valence-corrected chi connectivity index (χ0v) is 17.4. The number of aromatic nitrogens is 1. The predicted molar refractivity (Wildman–Crippen MR) is 111 cm³/mol. The molecule has 2 aromatic heterocycles. The van der Waals surface area contributed by atoms with Crippen molar-refractivity contribution in [2.75, 3.05) is 32.7 Å². The van der Waals surface area contributed by atoms with Gasteiger partial charge in [-0.15, -0.1) is 11.3 Å². The first kappa shape index (κ1) is 21.1. The molecule has 4 rings (SSSR count). The Balaban J connectivity index is 1.21. The van der Waals surface area contributed by atoms with E-state index in [1.165, 1.54) is 12.1 Å². The van der Waals surface area contributed by atoms with E-state index in [1.54, 1.807) is 23.5 Å². The van der Waals surface area contributed by atoms with Gasteiger partial charge in [-0.25, -0.2) is 0 Å². The van der Waals surface area contributed by atoms with E-state index in [9.17, 15) is 13.2 Å². The van der Waals surface area contributed by atoms with Crippen LogP contribution in [0, 0.1) is 0 Å². The van der Waals surface area contributed by atoms with Gasteiger partial charge >= 0.3 is 6.18 Å². The summed E-state index contributed by atoms with van der Waals surface area (Å²) >= 11 is 1.64. The largest absolute Gasteiger partial charge is 0.416 e. The van der Waals surface area contributed by atoms with E-state index in [0.717, 1.165) is 61.9 Å². The number of aryl methyl sites for hydroxylation is 1. The first-order chi connectivity index (χ1) is 14.5. The van der Waals surface area contributed by atoms with Gasteiger partial charge in [0.05, 0.1) is 10.4 Å². The Labute approximate surface area is 177 Å². The van der Waals surface area contributed by atoms with E-state index in [2.05, 4.69) is 15.0 Å². The first-order valence-electron chi connectivity index (χ1n) is 10.1. The van der Waals surface area contributed by atoms with Crippen LogP contribution in [0.25, 0.3) is 10.6 Å². The molecule has 0 N–H and O–H groups in total. The molecule has 1 fully saturated rings. The molecule has 0 amide bonds. The van der Waals surface area contributed by atoms with Crippen molar-refractivity contribution >= 4 is 11.3 Å². The van der Waals surface area contributed by atoms with Crippen molar-refractivity contribution in [2.24, 2.45) is 0 Å². The molecule has 0 spiro atoms. The Kier molecular flexibility index (Phi) is 6.55. The third-order valence-electron chi connectivity index (χ3n) is 5.41. The van der Waals surface area contributed by atoms with Gasteiger partial charge in [0, 0.05) is 45.2 Å². The summed E-state index contributed by atoms with van der Waals surface area (Å²) in [6.45, 7) is 4.57. The normalized spacial score (nSPS) is 16.2. The molecule has 1 saturated heterocycles. The number of alkyl halides is 3. The van der Waals surface area contributed by atoms with Crippen LogP contribution in [0.5, 0.6) is 0 Å². The van der Waals surface area contributed by atoms with Crippen LogP contribution in [0.3, 0.4) is 0 Å². The lowest BCUT2D eigenvalue weighted by molar-refractivity contribution is -0.138. The number of hydrogen-bond donors (Lipinski definition) is 0. The molecule has 0 bridgehead atoms. The number of piperazine rings is 1. The standard InChI is InChI=1S/C22H24F3N3OS/c23-22(24,25)19-7-2-1-5-17(19)16-28-12-10-27(11-13-28)9-3-6-18-15-20(26-29-18)21-8-4-14-30-21/h1-2,4-5,7-8,14-15H,3,6,9-13,16H2. The van der Waals surface area contributed by atoms with E-state index in [1.807, 2.05) is 23.6 Å². The highest BCUT2D eigenvalue weighted by Crippen LogP contribution is 2.32. The van der Waals surface area contributed by atoms with Gasteiger partial charge in [0.1, 0.15) is 11.5 Å². The summed E-state index contributed by atoms with van der Waals surface area (Å²) in [6, 6.07) is 11.9. The third-order valence-corrected chi connectivity index (χ3v) is 6.30. The van der Waals surface area contributed by atoms with Crippen molar-refractivity contribution in [1.82, 2.24) is 15.0 Å². The van der Waals surface area contributed by atoms with Crippen LogP contribution >= 0.6 is 11.3 Å². The summed E-state index contributed by atoms with van der Waals surface area (Å²) < 4.78 is 45.0. The summed E-state index contributed by atoms with van der Waals surface area (Å²) in [4.78, 5) is 5.57. The van der Waals surface area contributed by atoms with Crippen LogP contribution in [0.15, 0.2) is 52.4 Å². The Morgan fingerprint density at radius 2 is 1.77 bits per heavy atom. The second-order valence-electron chi connectivity index (χ2n) is 7.53. The Bertz CT molecular complexity index is 931. The van der Waals surface area contributed by atoms with Gasteiger partial charge < -0.3 is 9.42 Å². The molecule has 4 nitrogen and oxygen atoms in total. The molecule has 0 aliphatic carbocycles. The zero-order chi connectivity index (χ0) is 21.0. The molecule has 8 heteroatoms. The predicted octanol–water partition coefficient (Wildman–Crippen LogP) is 5.17. The lowest BCUT2D eigenvalue weighted by atomic mass is 10.1. The van der Waals surface area contributed by atoms with Gasteiger partial charge in [0.2, 0.25) is 0 Å². The highest BCUT2D eigenvalue weighted by molar-refractivity contribution is 7.13. The molecular weight excluding hydrogens is 411 g/mol. The molecule has 3 heterocycles. The second kappa shape index (κ2) is 9.32. The zero-order valence-electron chi connectivity index (χ0n) is 16.6. The second-order valence-corrected chi connectivity index (χ2v) is 8.48. The van der Waals surface area contributed by atoms with Crippen LogP contribution in [-0.4, -0.2) is 47.7 Å². The van der Waals surface area contributed by atoms with Gasteiger partial charge in [-0.1, -0.05) is 29.4 Å². The van der Waals surface area contributed by atoms with Gasteiger partial charge in [-0.3, -0.25) is 4.90 Å². The third kappa shape index (κ3) is 5.30. The molecule has 0 radical (unpaired) electrons. The van der Waals surface area contributed by atoms with Gasteiger partial charge in [0.15, 0.2) is 0 Å². The summed E-state index contributed by atoms with van der Waals surface area (Å²) in [5.74, 6) is 0.890. The SMILES string of the molecule is FC(F)(F)c1ccccc1CN1CCN(CCCc2cc(-c3cccs3)no2)CC1. The topological polar surface area (TPSA) is 32.5 Å². The van der Waals surface area contributed by atoms with E-state index in [0.29, 0.717) is 12.1 Å². The van der Waals surface area contributed by atoms with Crippen LogP contribution in [0.2, 0.25) is 0 Å². The number of nitrogens with zero attached hydrogens (tertiary/aromatic N) is 3. The van der Waals surface area contributed by atoms with Crippen LogP contribution in [0.1, 0.15) is 23.3 Å². The number of hydrogen-bond acceptors (Lipinski definition) is 5. The molecule has 0 unspecified atom stereocenters. The minimum absolute atomic E-state index is 0.340. The first-order valence-corrected chi connectivity index (χ1v) is 11.0. The van der Waals surface area contributed by atoms with Gasteiger partial charge in [-0.05, 0) is 36.0 Å². The Morgan fingerprint density at radius 3 is 2.50 bits per heavy atom. The van der Waals surface area contributed by atoms with Crippen molar-refractivity contribution < 1.29 is 17.7 Å². The molecule has 1 aromatic carbocycles. The fraction of sp³-hybridized carbons (Fsp3) is 0.409. The van der Waals surface area contributed by atoms with Crippen molar-refractivity contribution in [3.8, 4) is 10.6 Å². The average Bonchev–Trinajstić information content (AvgIpc) is 3.41. The average molecular weight is 436 g/mol. The highest BCUT2D eigenvalue weighted by Gasteiger charge is 2.33. The summed E-state index contributed by atoms with van der Waals surface area (Å²) in [7, 11) is 0. The number of benzene rings is 1. The van der Waals surface area contributed by atoms with Gasteiger partial charge in [0.25, 0.3) is 0 Å². The Hall–Kier alpha value is -2.16. The van der Waals surface area contributed by atoms with Crippen LogP contribution < -0.4 is 0 Å². The summed E-state index contributed by atoms with van der Waals surface area (Å²) in [5.41, 5.74) is 0.708.